The number of amides is 1. The zero-order valence-electron chi connectivity index (χ0n) is 10.7. The molecule has 0 aliphatic carbocycles. The second-order valence-electron chi connectivity index (χ2n) is 4.79. The Morgan fingerprint density at radius 2 is 2.05 bits per heavy atom. The number of carbonyl (C=O) groups excluding carboxylic acids is 2. The van der Waals surface area contributed by atoms with Crippen LogP contribution in [-0.2, 0) is 4.79 Å². The first-order valence-corrected chi connectivity index (χ1v) is 7.00. The summed E-state index contributed by atoms with van der Waals surface area (Å²) in [6.45, 7) is 1.85. The van der Waals surface area contributed by atoms with E-state index < -0.39 is 5.92 Å². The molecule has 1 aromatic heterocycles. The molecule has 0 spiro atoms. The predicted molar refractivity (Wildman–Crippen MR) is 77.8 cm³/mol. The average molecular weight is 334 g/mol. The van der Waals surface area contributed by atoms with Gasteiger partial charge in [-0.05, 0) is 19.1 Å². The number of H-pyrrole nitrogens is 1. The highest BCUT2D eigenvalue weighted by Gasteiger charge is 2.34. The first kappa shape index (κ1) is 13.1. The lowest BCUT2D eigenvalue weighted by atomic mass is 9.85. The van der Waals surface area contributed by atoms with Gasteiger partial charge in [0.2, 0.25) is 5.91 Å². The summed E-state index contributed by atoms with van der Waals surface area (Å²) in [5.74, 6) is -0.245. The highest BCUT2D eigenvalue weighted by atomic mass is 79.9. The number of aryl methyl sites for hydroxylation is 1. The Balaban J connectivity index is 2.01. The maximum Gasteiger partial charge on any atom is 0.226 e. The molecule has 1 aliphatic heterocycles. The number of anilines is 1. The average Bonchev–Trinajstić information content (AvgIpc) is 2.79. The smallest absolute Gasteiger partial charge is 0.226 e. The first-order valence-electron chi connectivity index (χ1n) is 6.20. The fraction of sp³-hybridized carbons (Fsp3) is 0.214. The van der Waals surface area contributed by atoms with Crippen LogP contribution in [0.15, 0.2) is 28.7 Å². The molecule has 1 aromatic carbocycles. The third-order valence-electron chi connectivity index (χ3n) is 3.44. The number of Topliss-reactive ketones (excluding diaryl/α,β-unsaturated/α-hetero) is 1. The van der Waals surface area contributed by atoms with Crippen LogP contribution in [0, 0.1) is 6.92 Å². The van der Waals surface area contributed by atoms with E-state index in [0.717, 1.165) is 15.7 Å². The largest absolute Gasteiger partial charge is 0.309 e. The summed E-state index contributed by atoms with van der Waals surface area (Å²) in [7, 11) is 0. The zero-order chi connectivity index (χ0) is 14.3. The van der Waals surface area contributed by atoms with Crippen molar-refractivity contribution in [2.75, 3.05) is 5.32 Å². The molecule has 0 bridgehead atoms. The van der Waals surface area contributed by atoms with Crippen LogP contribution < -0.4 is 5.32 Å². The van der Waals surface area contributed by atoms with Crippen molar-refractivity contribution in [2.24, 2.45) is 0 Å². The summed E-state index contributed by atoms with van der Waals surface area (Å²) in [6.07, 6.45) is 0.155. The van der Waals surface area contributed by atoms with Crippen molar-refractivity contribution in [3.63, 3.8) is 0 Å². The van der Waals surface area contributed by atoms with E-state index in [-0.39, 0.29) is 18.1 Å². The normalized spacial score (nSPS) is 17.5. The van der Waals surface area contributed by atoms with E-state index in [1.54, 1.807) is 12.1 Å². The zero-order valence-corrected chi connectivity index (χ0v) is 12.3. The number of hydrogen-bond acceptors (Lipinski definition) is 3. The highest BCUT2D eigenvalue weighted by molar-refractivity contribution is 9.10. The van der Waals surface area contributed by atoms with Gasteiger partial charge in [-0.15, -0.1) is 0 Å². The number of hydrogen-bond donors (Lipinski definition) is 2. The molecule has 0 saturated carbocycles. The molecule has 0 radical (unpaired) electrons. The van der Waals surface area contributed by atoms with Crippen LogP contribution in [0.5, 0.6) is 0 Å². The summed E-state index contributed by atoms with van der Waals surface area (Å²) in [6, 6.07) is 7.15. The molecule has 5 nitrogen and oxygen atoms in total. The molecule has 1 aliphatic rings. The third kappa shape index (κ3) is 2.16. The topological polar surface area (TPSA) is 74.8 Å². The molecule has 20 heavy (non-hydrogen) atoms. The van der Waals surface area contributed by atoms with Gasteiger partial charge in [0, 0.05) is 27.7 Å². The predicted octanol–water partition coefficient (Wildman–Crippen LogP) is 2.79. The van der Waals surface area contributed by atoms with Crippen molar-refractivity contribution in [3.8, 4) is 0 Å². The number of nitrogens with zero attached hydrogens (tertiary/aromatic N) is 1. The minimum atomic E-state index is -0.473. The van der Waals surface area contributed by atoms with Gasteiger partial charge in [-0.3, -0.25) is 14.7 Å². The summed E-state index contributed by atoms with van der Waals surface area (Å²) in [5.41, 5.74) is 2.20. The van der Waals surface area contributed by atoms with Crippen molar-refractivity contribution < 1.29 is 9.59 Å². The minimum absolute atomic E-state index is 0.0573. The van der Waals surface area contributed by atoms with Crippen LogP contribution in [0.2, 0.25) is 0 Å². The Bertz CT molecular complexity index is 691. The standard InChI is InChI=1S/C14H12BrN3O2/c1-7-12-10(6-11(19)16-14(12)18-17-7)13(20)8-2-4-9(15)5-3-8/h2-5,10H,6H2,1H3,(H2,16,17,18,19). The molecule has 102 valence electrons. The summed E-state index contributed by atoms with van der Waals surface area (Å²) in [5, 5.41) is 9.54. The molecule has 2 N–H and O–H groups in total. The van der Waals surface area contributed by atoms with E-state index >= 15 is 0 Å². The molecule has 1 unspecified atom stereocenters. The van der Waals surface area contributed by atoms with Gasteiger partial charge in [-0.1, -0.05) is 28.1 Å². The number of ketones is 1. The van der Waals surface area contributed by atoms with Crippen molar-refractivity contribution in [1.82, 2.24) is 10.2 Å². The Kier molecular flexibility index (Phi) is 3.17. The van der Waals surface area contributed by atoms with Crippen LogP contribution in [-0.4, -0.2) is 21.9 Å². The van der Waals surface area contributed by atoms with E-state index in [2.05, 4.69) is 31.4 Å². The number of carbonyl (C=O) groups is 2. The molecular weight excluding hydrogens is 322 g/mol. The fourth-order valence-electron chi connectivity index (χ4n) is 2.47. The van der Waals surface area contributed by atoms with E-state index in [0.29, 0.717) is 11.4 Å². The Morgan fingerprint density at radius 3 is 2.75 bits per heavy atom. The van der Waals surface area contributed by atoms with Gasteiger partial charge in [0.25, 0.3) is 0 Å². The number of nitrogens with one attached hydrogen (secondary N) is 2. The van der Waals surface area contributed by atoms with E-state index in [9.17, 15) is 9.59 Å². The van der Waals surface area contributed by atoms with E-state index in [1.165, 1.54) is 0 Å². The second-order valence-corrected chi connectivity index (χ2v) is 5.70. The molecule has 6 heteroatoms. The molecule has 1 amide bonds. The minimum Gasteiger partial charge on any atom is -0.309 e. The van der Waals surface area contributed by atoms with Crippen molar-refractivity contribution >= 4 is 33.4 Å². The summed E-state index contributed by atoms with van der Waals surface area (Å²) >= 11 is 3.34. The van der Waals surface area contributed by atoms with Crippen molar-refractivity contribution in [1.29, 1.82) is 0 Å². The van der Waals surface area contributed by atoms with Crippen molar-refractivity contribution in [2.45, 2.75) is 19.3 Å². The summed E-state index contributed by atoms with van der Waals surface area (Å²) < 4.78 is 0.913. The van der Waals surface area contributed by atoms with E-state index in [1.807, 2.05) is 19.1 Å². The van der Waals surface area contributed by atoms with E-state index in [4.69, 9.17) is 0 Å². The Morgan fingerprint density at radius 1 is 1.35 bits per heavy atom. The van der Waals surface area contributed by atoms with Gasteiger partial charge in [-0.2, -0.15) is 5.10 Å². The van der Waals surface area contributed by atoms with Gasteiger partial charge in [0.15, 0.2) is 11.6 Å². The second kappa shape index (κ2) is 4.86. The maximum atomic E-state index is 12.6. The first-order chi connectivity index (χ1) is 9.56. The molecular formula is C14H12BrN3O2. The number of aromatic amines is 1. The summed E-state index contributed by atoms with van der Waals surface area (Å²) in [4.78, 5) is 24.3. The lowest BCUT2D eigenvalue weighted by Crippen LogP contribution is -2.27. The van der Waals surface area contributed by atoms with Crippen LogP contribution in [0.3, 0.4) is 0 Å². The van der Waals surface area contributed by atoms with Crippen LogP contribution >= 0.6 is 15.9 Å². The Hall–Kier alpha value is -1.95. The number of benzene rings is 1. The maximum absolute atomic E-state index is 12.6. The number of rotatable bonds is 2. The molecule has 0 fully saturated rings. The quantitative estimate of drug-likeness (QED) is 0.830. The molecule has 2 heterocycles. The van der Waals surface area contributed by atoms with Crippen molar-refractivity contribution in [3.05, 3.63) is 45.6 Å². The molecule has 0 saturated heterocycles. The van der Waals surface area contributed by atoms with Gasteiger partial charge in [0.05, 0.1) is 5.92 Å². The van der Waals surface area contributed by atoms with Crippen LogP contribution in [0.25, 0.3) is 0 Å². The number of halogens is 1. The molecule has 2 aromatic rings. The third-order valence-corrected chi connectivity index (χ3v) is 3.96. The van der Waals surface area contributed by atoms with Gasteiger partial charge < -0.3 is 5.32 Å². The monoisotopic (exact) mass is 333 g/mol. The van der Waals surface area contributed by atoms with Crippen LogP contribution in [0.4, 0.5) is 5.82 Å². The lowest BCUT2D eigenvalue weighted by Gasteiger charge is -2.21. The number of aromatic nitrogens is 2. The van der Waals surface area contributed by atoms with Crippen LogP contribution in [0.1, 0.15) is 34.0 Å². The fourth-order valence-corrected chi connectivity index (χ4v) is 2.73. The Labute approximate surface area is 123 Å². The molecule has 1 atom stereocenters. The van der Waals surface area contributed by atoms with Gasteiger partial charge in [-0.25, -0.2) is 0 Å². The highest BCUT2D eigenvalue weighted by Crippen LogP contribution is 2.35. The van der Waals surface area contributed by atoms with Gasteiger partial charge >= 0.3 is 0 Å². The molecule has 3 rings (SSSR count). The SMILES string of the molecule is Cc1[nH]nc2c1C(C(=O)c1ccc(Br)cc1)CC(=O)N2. The van der Waals surface area contributed by atoms with Gasteiger partial charge in [0.1, 0.15) is 0 Å². The number of fused-ring (bicyclic) bond motifs is 1. The lowest BCUT2D eigenvalue weighted by molar-refractivity contribution is -0.116.